The molecule has 134 valence electrons. The second-order valence-corrected chi connectivity index (χ2v) is 6.48. The van der Waals surface area contributed by atoms with Crippen molar-refractivity contribution in [1.82, 2.24) is 5.32 Å². The quantitative estimate of drug-likeness (QED) is 0.750. The number of fused-ring (bicyclic) bond motifs is 1. The minimum atomic E-state index is -0.188. The zero-order valence-electron chi connectivity index (χ0n) is 15.4. The number of anilines is 1. The first-order valence-electron chi connectivity index (χ1n) is 8.49. The molecule has 0 radical (unpaired) electrons. The molecule has 1 aromatic heterocycles. The van der Waals surface area contributed by atoms with Crippen LogP contribution in [0.2, 0.25) is 0 Å². The van der Waals surface area contributed by atoms with Crippen LogP contribution >= 0.6 is 0 Å². The Morgan fingerprint density at radius 1 is 1.04 bits per heavy atom. The van der Waals surface area contributed by atoms with Crippen LogP contribution in [0.15, 0.2) is 41.0 Å². The predicted molar refractivity (Wildman–Crippen MR) is 103 cm³/mol. The van der Waals surface area contributed by atoms with E-state index < -0.39 is 0 Å². The Labute approximate surface area is 152 Å². The van der Waals surface area contributed by atoms with E-state index in [1.807, 2.05) is 39.0 Å². The van der Waals surface area contributed by atoms with Gasteiger partial charge in [0.05, 0.1) is 12.7 Å². The van der Waals surface area contributed by atoms with E-state index >= 15 is 0 Å². The second kappa shape index (κ2) is 7.04. The van der Waals surface area contributed by atoms with E-state index in [0.29, 0.717) is 11.3 Å². The highest BCUT2D eigenvalue weighted by Gasteiger charge is 2.14. The monoisotopic (exact) mass is 350 g/mol. The highest BCUT2D eigenvalue weighted by atomic mass is 16.3. The summed E-state index contributed by atoms with van der Waals surface area (Å²) in [6, 6.07) is 9.26. The molecule has 3 aromatic rings. The molecule has 2 aromatic carbocycles. The molecule has 0 aliphatic rings. The zero-order valence-corrected chi connectivity index (χ0v) is 15.4. The van der Waals surface area contributed by atoms with E-state index in [1.54, 1.807) is 25.4 Å². The fourth-order valence-electron chi connectivity index (χ4n) is 2.93. The van der Waals surface area contributed by atoms with Crippen molar-refractivity contribution >= 4 is 28.5 Å². The topological polar surface area (TPSA) is 71.3 Å². The van der Waals surface area contributed by atoms with E-state index in [0.717, 1.165) is 33.2 Å². The van der Waals surface area contributed by atoms with Crippen molar-refractivity contribution in [1.29, 1.82) is 0 Å². The van der Waals surface area contributed by atoms with Gasteiger partial charge in [0.2, 0.25) is 5.91 Å². The van der Waals surface area contributed by atoms with Gasteiger partial charge < -0.3 is 15.1 Å². The molecular weight excluding hydrogens is 328 g/mol. The van der Waals surface area contributed by atoms with Crippen molar-refractivity contribution in [3.05, 3.63) is 64.4 Å². The Kier molecular flexibility index (Phi) is 4.80. The Morgan fingerprint density at radius 2 is 1.77 bits per heavy atom. The first kappa shape index (κ1) is 17.7. The van der Waals surface area contributed by atoms with Gasteiger partial charge in [-0.1, -0.05) is 18.2 Å². The summed E-state index contributed by atoms with van der Waals surface area (Å²) in [5.41, 5.74) is 5.96. The molecule has 2 amide bonds. The standard InChI is InChI=1S/C21H22N2O3/c1-12-6-8-17-16(11-26-20(17)14(12)3)10-19(24)23-18-9-15(21(25)22-4)7-5-13(18)2/h5-9,11H,10H2,1-4H3,(H,22,25)(H,23,24). The molecule has 1 heterocycles. The third kappa shape index (κ3) is 3.33. The Bertz CT molecular complexity index is 1000. The molecule has 0 aliphatic heterocycles. The number of furan rings is 1. The van der Waals surface area contributed by atoms with Crippen LogP contribution < -0.4 is 10.6 Å². The van der Waals surface area contributed by atoms with Crippen LogP contribution in [0, 0.1) is 20.8 Å². The zero-order chi connectivity index (χ0) is 18.8. The van der Waals surface area contributed by atoms with Gasteiger partial charge in [0, 0.05) is 29.2 Å². The largest absolute Gasteiger partial charge is 0.464 e. The molecule has 26 heavy (non-hydrogen) atoms. The summed E-state index contributed by atoms with van der Waals surface area (Å²) in [4.78, 5) is 24.3. The normalized spacial score (nSPS) is 10.8. The van der Waals surface area contributed by atoms with Crippen molar-refractivity contribution < 1.29 is 14.0 Å². The lowest BCUT2D eigenvalue weighted by molar-refractivity contribution is -0.115. The highest BCUT2D eigenvalue weighted by molar-refractivity contribution is 5.99. The molecule has 0 fully saturated rings. The van der Waals surface area contributed by atoms with Gasteiger partial charge in [0.1, 0.15) is 5.58 Å². The Balaban J connectivity index is 1.82. The van der Waals surface area contributed by atoms with Crippen LogP contribution in [0.1, 0.15) is 32.6 Å². The molecular formula is C21H22N2O3. The lowest BCUT2D eigenvalue weighted by Crippen LogP contribution is -2.19. The lowest BCUT2D eigenvalue weighted by atomic mass is 10.0. The maximum absolute atomic E-state index is 12.5. The van der Waals surface area contributed by atoms with Crippen molar-refractivity contribution in [2.45, 2.75) is 27.2 Å². The van der Waals surface area contributed by atoms with E-state index in [2.05, 4.69) is 10.6 Å². The van der Waals surface area contributed by atoms with E-state index in [-0.39, 0.29) is 18.2 Å². The third-order valence-corrected chi connectivity index (χ3v) is 4.69. The second-order valence-electron chi connectivity index (χ2n) is 6.48. The average Bonchev–Trinajstić information content (AvgIpc) is 3.02. The summed E-state index contributed by atoms with van der Waals surface area (Å²) in [5.74, 6) is -0.338. The summed E-state index contributed by atoms with van der Waals surface area (Å²) in [5, 5.41) is 6.44. The number of hydrogen-bond acceptors (Lipinski definition) is 3. The van der Waals surface area contributed by atoms with Crippen LogP contribution in [0.25, 0.3) is 11.0 Å². The van der Waals surface area contributed by atoms with Crippen molar-refractivity contribution in [3.8, 4) is 0 Å². The number of amides is 2. The van der Waals surface area contributed by atoms with Gasteiger partial charge in [-0.2, -0.15) is 0 Å². The number of rotatable bonds is 4. The van der Waals surface area contributed by atoms with Crippen LogP contribution in [0.5, 0.6) is 0 Å². The number of nitrogens with one attached hydrogen (secondary N) is 2. The van der Waals surface area contributed by atoms with Gasteiger partial charge in [-0.25, -0.2) is 0 Å². The molecule has 5 heteroatoms. The smallest absolute Gasteiger partial charge is 0.251 e. The van der Waals surface area contributed by atoms with Gasteiger partial charge in [-0.15, -0.1) is 0 Å². The van der Waals surface area contributed by atoms with Crippen LogP contribution in [-0.4, -0.2) is 18.9 Å². The molecule has 0 saturated heterocycles. The number of hydrogen-bond donors (Lipinski definition) is 2. The number of benzene rings is 2. The average molecular weight is 350 g/mol. The third-order valence-electron chi connectivity index (χ3n) is 4.69. The number of carbonyl (C=O) groups is 2. The van der Waals surface area contributed by atoms with Crippen molar-refractivity contribution in [3.63, 3.8) is 0 Å². The summed E-state index contributed by atoms with van der Waals surface area (Å²) < 4.78 is 5.67. The van der Waals surface area contributed by atoms with E-state index in [1.165, 1.54) is 0 Å². The number of carbonyl (C=O) groups excluding carboxylic acids is 2. The van der Waals surface area contributed by atoms with Crippen molar-refractivity contribution in [2.24, 2.45) is 0 Å². The maximum atomic E-state index is 12.5. The van der Waals surface area contributed by atoms with Crippen LogP contribution in [0.4, 0.5) is 5.69 Å². The Hall–Kier alpha value is -3.08. The summed E-state index contributed by atoms with van der Waals surface area (Å²) in [6.45, 7) is 5.94. The minimum absolute atomic E-state index is 0.150. The molecule has 2 N–H and O–H groups in total. The van der Waals surface area contributed by atoms with Crippen LogP contribution in [-0.2, 0) is 11.2 Å². The van der Waals surface area contributed by atoms with Gasteiger partial charge >= 0.3 is 0 Å². The van der Waals surface area contributed by atoms with Gasteiger partial charge in [-0.3, -0.25) is 9.59 Å². The van der Waals surface area contributed by atoms with Gasteiger partial charge in [-0.05, 0) is 49.6 Å². The van der Waals surface area contributed by atoms with Gasteiger partial charge in [0.25, 0.3) is 5.91 Å². The first-order valence-corrected chi connectivity index (χ1v) is 8.49. The minimum Gasteiger partial charge on any atom is -0.464 e. The number of aryl methyl sites for hydroxylation is 3. The molecule has 3 rings (SSSR count). The Morgan fingerprint density at radius 3 is 2.50 bits per heavy atom. The first-order chi connectivity index (χ1) is 12.4. The van der Waals surface area contributed by atoms with E-state index in [4.69, 9.17) is 4.42 Å². The summed E-state index contributed by atoms with van der Waals surface area (Å²) in [7, 11) is 1.58. The van der Waals surface area contributed by atoms with Crippen LogP contribution in [0.3, 0.4) is 0 Å². The highest BCUT2D eigenvalue weighted by Crippen LogP contribution is 2.27. The molecule has 0 unspecified atom stereocenters. The molecule has 0 saturated carbocycles. The molecule has 0 atom stereocenters. The maximum Gasteiger partial charge on any atom is 0.251 e. The van der Waals surface area contributed by atoms with E-state index in [9.17, 15) is 9.59 Å². The predicted octanol–water partition coefficient (Wildman–Crippen LogP) is 3.90. The summed E-state index contributed by atoms with van der Waals surface area (Å²) in [6.07, 6.45) is 1.85. The SMILES string of the molecule is CNC(=O)c1ccc(C)c(NC(=O)Cc2coc3c(C)c(C)ccc23)c1. The molecule has 0 aliphatic carbocycles. The lowest BCUT2D eigenvalue weighted by Gasteiger charge is -2.10. The molecule has 0 spiro atoms. The summed E-state index contributed by atoms with van der Waals surface area (Å²) >= 11 is 0. The molecule has 5 nitrogen and oxygen atoms in total. The molecule has 0 bridgehead atoms. The fraction of sp³-hybridized carbons (Fsp3) is 0.238. The van der Waals surface area contributed by atoms with Gasteiger partial charge in [0.15, 0.2) is 0 Å². The fourth-order valence-corrected chi connectivity index (χ4v) is 2.93. The van der Waals surface area contributed by atoms with Crippen molar-refractivity contribution in [2.75, 3.05) is 12.4 Å².